The van der Waals surface area contributed by atoms with Crippen LogP contribution in [0, 0.1) is 13.8 Å². The van der Waals surface area contributed by atoms with E-state index in [9.17, 15) is 0 Å². The summed E-state index contributed by atoms with van der Waals surface area (Å²) >= 11 is 6.26. The van der Waals surface area contributed by atoms with Crippen molar-refractivity contribution in [3.05, 3.63) is 29.3 Å². The van der Waals surface area contributed by atoms with Crippen LogP contribution in [0.5, 0.6) is 0 Å². The summed E-state index contributed by atoms with van der Waals surface area (Å²) in [7, 11) is 0. The van der Waals surface area contributed by atoms with Gasteiger partial charge in [-0.25, -0.2) is 0 Å². The van der Waals surface area contributed by atoms with E-state index in [1.54, 1.807) is 0 Å². The summed E-state index contributed by atoms with van der Waals surface area (Å²) in [5.74, 6) is 2.31. The lowest BCUT2D eigenvalue weighted by atomic mass is 10.1. The van der Waals surface area contributed by atoms with Crippen molar-refractivity contribution in [2.45, 2.75) is 63.7 Å². The van der Waals surface area contributed by atoms with E-state index in [1.165, 1.54) is 66.7 Å². The first-order chi connectivity index (χ1) is 9.24. The fourth-order valence-corrected chi connectivity index (χ4v) is 3.48. The molecule has 108 valence electrons. The van der Waals surface area contributed by atoms with Crippen molar-refractivity contribution in [2.24, 2.45) is 0 Å². The molecule has 0 unspecified atom stereocenters. The molecule has 0 atom stereocenters. The minimum Gasteiger partial charge on any atom is -0.179 e. The van der Waals surface area contributed by atoms with Gasteiger partial charge in [0.25, 0.3) is 0 Å². The van der Waals surface area contributed by atoms with Crippen LogP contribution in [0.2, 0.25) is 0 Å². The van der Waals surface area contributed by atoms with E-state index in [4.69, 9.17) is 0 Å². The van der Waals surface area contributed by atoms with Crippen LogP contribution in [0.4, 0.5) is 0 Å². The van der Waals surface area contributed by atoms with Gasteiger partial charge in [0, 0.05) is 4.90 Å². The third-order valence-corrected chi connectivity index (χ3v) is 4.97. The summed E-state index contributed by atoms with van der Waals surface area (Å²) in [5.41, 5.74) is 2.79. The Morgan fingerprint density at radius 3 is 2.16 bits per heavy atom. The zero-order chi connectivity index (χ0) is 13.9. The highest BCUT2D eigenvalue weighted by Crippen LogP contribution is 2.24. The van der Waals surface area contributed by atoms with Crippen LogP contribution in [-0.4, -0.2) is 11.5 Å². The van der Waals surface area contributed by atoms with Gasteiger partial charge >= 0.3 is 0 Å². The van der Waals surface area contributed by atoms with Crippen LogP contribution in [0.15, 0.2) is 23.1 Å². The maximum atomic E-state index is 4.24. The standard InChI is InChI=1S/C17H28S2/c1-15-10-11-17(16(2)14-15)19-13-9-7-5-3-4-6-8-12-18/h10-11,14,18H,3-9,12-13H2,1-2H3. The SMILES string of the molecule is Cc1ccc(SCCCCCCCCCS)c(C)c1. The Labute approximate surface area is 129 Å². The normalized spacial score (nSPS) is 10.9. The summed E-state index contributed by atoms with van der Waals surface area (Å²) in [6, 6.07) is 6.77. The number of hydrogen-bond acceptors (Lipinski definition) is 2. The lowest BCUT2D eigenvalue weighted by molar-refractivity contribution is 0.605. The molecular formula is C17H28S2. The van der Waals surface area contributed by atoms with Crippen LogP contribution in [0.3, 0.4) is 0 Å². The zero-order valence-corrected chi connectivity index (χ0v) is 14.2. The van der Waals surface area contributed by atoms with Gasteiger partial charge in [-0.15, -0.1) is 11.8 Å². The Kier molecular flexibility index (Phi) is 9.54. The molecule has 1 aromatic rings. The van der Waals surface area contributed by atoms with Crippen molar-refractivity contribution < 1.29 is 0 Å². The number of thiol groups is 1. The molecule has 0 N–H and O–H groups in total. The molecule has 0 radical (unpaired) electrons. The fraction of sp³-hybridized carbons (Fsp3) is 0.647. The van der Waals surface area contributed by atoms with Gasteiger partial charge in [0.15, 0.2) is 0 Å². The molecule has 0 aliphatic heterocycles. The van der Waals surface area contributed by atoms with E-state index in [-0.39, 0.29) is 0 Å². The number of aryl methyl sites for hydroxylation is 2. The monoisotopic (exact) mass is 296 g/mol. The molecule has 0 fully saturated rings. The summed E-state index contributed by atoms with van der Waals surface area (Å²) in [4.78, 5) is 1.46. The minimum atomic E-state index is 1.05. The van der Waals surface area contributed by atoms with Gasteiger partial charge in [0.1, 0.15) is 0 Å². The van der Waals surface area contributed by atoms with Crippen LogP contribution in [0.25, 0.3) is 0 Å². The summed E-state index contributed by atoms with van der Waals surface area (Å²) < 4.78 is 0. The Morgan fingerprint density at radius 2 is 1.53 bits per heavy atom. The van der Waals surface area contributed by atoms with E-state index in [0.717, 1.165) is 5.75 Å². The first kappa shape index (κ1) is 17.0. The van der Waals surface area contributed by atoms with E-state index < -0.39 is 0 Å². The first-order valence-electron chi connectivity index (χ1n) is 7.55. The molecule has 0 aromatic heterocycles. The van der Waals surface area contributed by atoms with Crippen molar-refractivity contribution >= 4 is 24.4 Å². The molecule has 0 saturated carbocycles. The van der Waals surface area contributed by atoms with Crippen molar-refractivity contribution in [3.8, 4) is 0 Å². The molecular weight excluding hydrogens is 268 g/mol. The molecule has 0 saturated heterocycles. The second-order valence-electron chi connectivity index (χ2n) is 5.32. The molecule has 0 aliphatic carbocycles. The van der Waals surface area contributed by atoms with E-state index >= 15 is 0 Å². The van der Waals surface area contributed by atoms with Gasteiger partial charge in [0.2, 0.25) is 0 Å². The maximum Gasteiger partial charge on any atom is 0.0101 e. The smallest absolute Gasteiger partial charge is 0.0101 e. The minimum absolute atomic E-state index is 1.05. The van der Waals surface area contributed by atoms with E-state index in [0.29, 0.717) is 0 Å². The van der Waals surface area contributed by atoms with Gasteiger partial charge in [-0.05, 0) is 49.8 Å². The maximum absolute atomic E-state index is 4.24. The second kappa shape index (κ2) is 10.7. The highest BCUT2D eigenvalue weighted by Gasteiger charge is 1.99. The van der Waals surface area contributed by atoms with Crippen LogP contribution in [-0.2, 0) is 0 Å². The molecule has 0 aliphatic rings. The van der Waals surface area contributed by atoms with Crippen LogP contribution in [0.1, 0.15) is 56.1 Å². The highest BCUT2D eigenvalue weighted by atomic mass is 32.2. The Balaban J connectivity index is 2.01. The number of unbranched alkanes of at least 4 members (excludes halogenated alkanes) is 6. The van der Waals surface area contributed by atoms with Crippen molar-refractivity contribution in [1.29, 1.82) is 0 Å². The van der Waals surface area contributed by atoms with E-state index in [1.807, 2.05) is 11.8 Å². The Hall–Kier alpha value is -0.0800. The lowest BCUT2D eigenvalue weighted by Crippen LogP contribution is -1.86. The average Bonchev–Trinajstić information content (AvgIpc) is 2.39. The molecule has 0 amide bonds. The van der Waals surface area contributed by atoms with Gasteiger partial charge < -0.3 is 0 Å². The van der Waals surface area contributed by atoms with E-state index in [2.05, 4.69) is 44.7 Å². The Bertz CT molecular complexity index is 347. The first-order valence-corrected chi connectivity index (χ1v) is 9.17. The van der Waals surface area contributed by atoms with Crippen molar-refractivity contribution in [1.82, 2.24) is 0 Å². The third-order valence-electron chi connectivity index (χ3n) is 3.39. The lowest BCUT2D eigenvalue weighted by Gasteiger charge is -2.06. The summed E-state index contributed by atoms with van der Waals surface area (Å²) in [6.07, 6.45) is 9.59. The van der Waals surface area contributed by atoms with Crippen LogP contribution >= 0.6 is 24.4 Å². The number of hydrogen-bond donors (Lipinski definition) is 1. The molecule has 0 bridgehead atoms. The highest BCUT2D eigenvalue weighted by molar-refractivity contribution is 7.99. The zero-order valence-electron chi connectivity index (χ0n) is 12.5. The third kappa shape index (κ3) is 7.94. The molecule has 2 heteroatoms. The predicted molar refractivity (Wildman–Crippen MR) is 92.8 cm³/mol. The summed E-state index contributed by atoms with van der Waals surface area (Å²) in [5, 5.41) is 0. The predicted octanol–water partition coefficient (Wildman–Crippen LogP) is 6.06. The molecule has 0 spiro atoms. The molecule has 1 aromatic carbocycles. The fourth-order valence-electron chi connectivity index (χ4n) is 2.24. The second-order valence-corrected chi connectivity index (χ2v) is 6.90. The van der Waals surface area contributed by atoms with Gasteiger partial charge in [-0.1, -0.05) is 49.8 Å². The molecule has 1 rings (SSSR count). The molecule has 0 nitrogen and oxygen atoms in total. The quantitative estimate of drug-likeness (QED) is 0.311. The van der Waals surface area contributed by atoms with Gasteiger partial charge in [0.05, 0.1) is 0 Å². The van der Waals surface area contributed by atoms with Crippen LogP contribution < -0.4 is 0 Å². The largest absolute Gasteiger partial charge is 0.179 e. The number of rotatable bonds is 10. The average molecular weight is 297 g/mol. The van der Waals surface area contributed by atoms with Gasteiger partial charge in [-0.2, -0.15) is 12.6 Å². The number of benzene rings is 1. The van der Waals surface area contributed by atoms with Crippen molar-refractivity contribution in [2.75, 3.05) is 11.5 Å². The van der Waals surface area contributed by atoms with Crippen molar-refractivity contribution in [3.63, 3.8) is 0 Å². The molecule has 0 heterocycles. The number of thioether (sulfide) groups is 1. The molecule has 19 heavy (non-hydrogen) atoms. The van der Waals surface area contributed by atoms with Gasteiger partial charge in [-0.3, -0.25) is 0 Å². The summed E-state index contributed by atoms with van der Waals surface area (Å²) in [6.45, 7) is 4.38. The topological polar surface area (TPSA) is 0 Å². The Morgan fingerprint density at radius 1 is 0.895 bits per heavy atom.